The Kier molecular flexibility index (Phi) is 7.87. The topological polar surface area (TPSA) is 16.4 Å². The SMILES string of the molecule is c1ccc([C@@H]2Cc3ccccc3-c3cc(-c4ccc5oc6cccc(N(c7cccc8c7sc7ccccc78)c7cccc8c7sc7ccccc78)c6c5c4)ccc3C2)cc1. The van der Waals surface area contributed by atoms with Crippen LogP contribution in [0.5, 0.6) is 0 Å². The Hall–Kier alpha value is -6.98. The fourth-order valence-electron chi connectivity index (χ4n) is 10.1. The van der Waals surface area contributed by atoms with Crippen molar-refractivity contribution in [3.63, 3.8) is 0 Å². The van der Waals surface area contributed by atoms with Crippen molar-refractivity contribution in [3.05, 3.63) is 211 Å². The molecule has 0 bridgehead atoms. The third-order valence-electron chi connectivity index (χ3n) is 12.9. The molecule has 3 aromatic heterocycles. The molecule has 288 valence electrons. The molecule has 0 saturated carbocycles. The lowest BCUT2D eigenvalue weighted by atomic mass is 9.88. The van der Waals surface area contributed by atoms with E-state index in [0.29, 0.717) is 5.92 Å². The summed E-state index contributed by atoms with van der Waals surface area (Å²) in [6.45, 7) is 0. The summed E-state index contributed by atoms with van der Waals surface area (Å²) in [4.78, 5) is 2.52. The molecule has 0 unspecified atom stereocenters. The first-order valence-corrected chi connectivity index (χ1v) is 22.7. The molecule has 1 aliphatic carbocycles. The van der Waals surface area contributed by atoms with Gasteiger partial charge in [0.15, 0.2) is 0 Å². The van der Waals surface area contributed by atoms with Gasteiger partial charge in [-0.05, 0) is 112 Å². The third-order valence-corrected chi connectivity index (χ3v) is 15.3. The zero-order valence-electron chi connectivity index (χ0n) is 33.1. The second-order valence-electron chi connectivity index (χ2n) is 16.3. The van der Waals surface area contributed by atoms with Gasteiger partial charge in [0.05, 0.1) is 31.8 Å². The Morgan fingerprint density at radius 3 is 1.72 bits per heavy atom. The van der Waals surface area contributed by atoms with E-state index >= 15 is 0 Å². The second-order valence-corrected chi connectivity index (χ2v) is 18.5. The highest BCUT2D eigenvalue weighted by atomic mass is 32.1. The Balaban J connectivity index is 1.03. The molecular formula is C57H37NOS2. The highest BCUT2D eigenvalue weighted by molar-refractivity contribution is 7.27. The minimum absolute atomic E-state index is 0.432. The normalized spacial score (nSPS) is 13.9. The molecule has 0 spiro atoms. The smallest absolute Gasteiger partial charge is 0.137 e. The van der Waals surface area contributed by atoms with Gasteiger partial charge >= 0.3 is 0 Å². The Labute approximate surface area is 361 Å². The summed E-state index contributed by atoms with van der Waals surface area (Å²) in [5, 5.41) is 7.36. The van der Waals surface area contributed by atoms with Crippen LogP contribution in [0.2, 0.25) is 0 Å². The van der Waals surface area contributed by atoms with E-state index in [2.05, 4.69) is 199 Å². The van der Waals surface area contributed by atoms with Crippen LogP contribution in [0, 0.1) is 0 Å². The summed E-state index contributed by atoms with van der Waals surface area (Å²) in [7, 11) is 0. The monoisotopic (exact) mass is 815 g/mol. The van der Waals surface area contributed by atoms with Gasteiger partial charge in [-0.25, -0.2) is 0 Å². The van der Waals surface area contributed by atoms with Crippen LogP contribution >= 0.6 is 22.7 Å². The molecule has 9 aromatic carbocycles. The average Bonchev–Trinajstić information content (AvgIpc) is 3.98. The number of hydrogen-bond acceptors (Lipinski definition) is 4. The molecule has 61 heavy (non-hydrogen) atoms. The van der Waals surface area contributed by atoms with E-state index in [1.807, 2.05) is 22.7 Å². The van der Waals surface area contributed by atoms with Gasteiger partial charge < -0.3 is 9.32 Å². The average molecular weight is 816 g/mol. The number of rotatable bonds is 5. The van der Waals surface area contributed by atoms with Crippen LogP contribution in [0.15, 0.2) is 199 Å². The van der Waals surface area contributed by atoms with Crippen LogP contribution < -0.4 is 4.90 Å². The molecular weight excluding hydrogens is 779 g/mol. The molecule has 12 aromatic rings. The summed E-state index contributed by atoms with van der Waals surface area (Å²) in [5.41, 5.74) is 14.5. The summed E-state index contributed by atoms with van der Waals surface area (Å²) in [5.74, 6) is 0.432. The first kappa shape index (κ1) is 34.8. The Morgan fingerprint density at radius 2 is 0.984 bits per heavy atom. The number of fused-ring (bicyclic) bond motifs is 12. The maximum atomic E-state index is 6.76. The van der Waals surface area contributed by atoms with E-state index in [-0.39, 0.29) is 0 Å². The van der Waals surface area contributed by atoms with Crippen molar-refractivity contribution in [2.75, 3.05) is 4.90 Å². The van der Waals surface area contributed by atoms with Gasteiger partial charge in [0.25, 0.3) is 0 Å². The number of hydrogen-bond donors (Lipinski definition) is 0. The predicted molar refractivity (Wildman–Crippen MR) is 262 cm³/mol. The summed E-state index contributed by atoms with van der Waals surface area (Å²) in [6, 6.07) is 71.7. The van der Waals surface area contributed by atoms with Crippen LogP contribution in [-0.4, -0.2) is 0 Å². The van der Waals surface area contributed by atoms with Gasteiger partial charge in [0, 0.05) is 36.3 Å². The molecule has 13 rings (SSSR count). The number of nitrogens with zero attached hydrogens (tertiary/aromatic N) is 1. The maximum absolute atomic E-state index is 6.76. The molecule has 2 nitrogen and oxygen atoms in total. The van der Waals surface area contributed by atoms with Crippen molar-refractivity contribution < 1.29 is 4.42 Å². The zero-order valence-corrected chi connectivity index (χ0v) is 34.8. The predicted octanol–water partition coefficient (Wildman–Crippen LogP) is 17.0. The summed E-state index contributed by atoms with van der Waals surface area (Å²) >= 11 is 3.74. The van der Waals surface area contributed by atoms with Gasteiger partial charge in [-0.3, -0.25) is 0 Å². The van der Waals surface area contributed by atoms with Crippen LogP contribution in [0.25, 0.3) is 84.5 Å². The summed E-state index contributed by atoms with van der Waals surface area (Å²) < 4.78 is 11.9. The summed E-state index contributed by atoms with van der Waals surface area (Å²) in [6.07, 6.45) is 2.04. The number of furan rings is 1. The Bertz CT molecular complexity index is 3570. The number of benzene rings is 9. The molecule has 3 heterocycles. The quantitative estimate of drug-likeness (QED) is 0.172. The highest BCUT2D eigenvalue weighted by Crippen LogP contribution is 2.51. The first-order chi connectivity index (χ1) is 30.2. The van der Waals surface area contributed by atoms with Crippen LogP contribution in [-0.2, 0) is 12.8 Å². The van der Waals surface area contributed by atoms with Crippen molar-refractivity contribution in [1.82, 2.24) is 0 Å². The zero-order chi connectivity index (χ0) is 40.0. The molecule has 0 radical (unpaired) electrons. The molecule has 0 fully saturated rings. The van der Waals surface area contributed by atoms with Crippen molar-refractivity contribution in [3.8, 4) is 22.3 Å². The number of anilines is 3. The molecule has 0 N–H and O–H groups in total. The maximum Gasteiger partial charge on any atom is 0.137 e. The van der Waals surface area contributed by atoms with Gasteiger partial charge in [-0.15, -0.1) is 22.7 Å². The van der Waals surface area contributed by atoms with E-state index in [0.717, 1.165) is 40.5 Å². The van der Waals surface area contributed by atoms with Crippen LogP contribution in [0.4, 0.5) is 17.1 Å². The lowest BCUT2D eigenvalue weighted by Gasteiger charge is -2.27. The Morgan fingerprint density at radius 1 is 0.410 bits per heavy atom. The van der Waals surface area contributed by atoms with Crippen molar-refractivity contribution in [2.24, 2.45) is 0 Å². The van der Waals surface area contributed by atoms with Gasteiger partial charge in [0.1, 0.15) is 11.2 Å². The minimum Gasteiger partial charge on any atom is -0.456 e. The van der Waals surface area contributed by atoms with E-state index in [1.54, 1.807) is 0 Å². The van der Waals surface area contributed by atoms with Crippen LogP contribution in [0.1, 0.15) is 22.6 Å². The molecule has 0 amide bonds. The number of thiophene rings is 2. The van der Waals surface area contributed by atoms with Crippen molar-refractivity contribution in [2.45, 2.75) is 18.8 Å². The highest BCUT2D eigenvalue weighted by Gasteiger charge is 2.26. The minimum atomic E-state index is 0.432. The molecule has 4 heteroatoms. The molecule has 1 aliphatic rings. The van der Waals surface area contributed by atoms with E-state index in [4.69, 9.17) is 4.42 Å². The van der Waals surface area contributed by atoms with Crippen molar-refractivity contribution >= 4 is 102 Å². The van der Waals surface area contributed by atoms with Gasteiger partial charge in [-0.2, -0.15) is 0 Å². The molecule has 1 atom stereocenters. The lowest BCUT2D eigenvalue weighted by molar-refractivity contribution is 0.669. The van der Waals surface area contributed by atoms with Gasteiger partial charge in [-0.1, -0.05) is 140 Å². The van der Waals surface area contributed by atoms with E-state index < -0.39 is 0 Å². The second kappa shape index (κ2) is 13.8. The standard InChI is InChI=1S/C57H37NOS2/c1-2-13-35(14-3-1)40-31-38-15-4-5-16-41(38)46-33-36(27-28-39(46)32-40)37-29-30-51-47(34-37)55-48(21-12-24-52(55)59-51)58(49-22-10-19-44-42-17-6-8-25-53(42)60-56(44)49)50-23-11-20-45-43-18-7-9-26-54(43)61-57(45)50/h1-30,33-34,40H,31-32H2/t40-/m1/s1. The fraction of sp³-hybridized carbons (Fsp3) is 0.0526. The third kappa shape index (κ3) is 5.53. The van der Waals surface area contributed by atoms with E-state index in [1.165, 1.54) is 90.7 Å². The van der Waals surface area contributed by atoms with E-state index in [9.17, 15) is 0 Å². The molecule has 0 aliphatic heterocycles. The molecule has 0 saturated heterocycles. The van der Waals surface area contributed by atoms with Gasteiger partial charge in [0.2, 0.25) is 0 Å². The lowest BCUT2D eigenvalue weighted by Crippen LogP contribution is -2.10. The first-order valence-electron chi connectivity index (χ1n) is 21.1. The van der Waals surface area contributed by atoms with Crippen molar-refractivity contribution in [1.29, 1.82) is 0 Å². The fourth-order valence-corrected chi connectivity index (χ4v) is 12.5. The largest absolute Gasteiger partial charge is 0.456 e. The van der Waals surface area contributed by atoms with Crippen LogP contribution in [0.3, 0.4) is 0 Å².